The molecule has 1 amide bonds. The Morgan fingerprint density at radius 3 is 2.24 bits per heavy atom. The number of hydrogen-bond donors (Lipinski definition) is 2. The highest BCUT2D eigenvalue weighted by Gasteiger charge is 2.27. The molecule has 0 spiro atoms. The summed E-state index contributed by atoms with van der Waals surface area (Å²) in [7, 11) is 1.29. The zero-order chi connectivity index (χ0) is 25.3. The maximum atomic E-state index is 12.9. The van der Waals surface area contributed by atoms with Crippen molar-refractivity contribution in [2.75, 3.05) is 37.4 Å². The Morgan fingerprint density at radius 2 is 1.68 bits per heavy atom. The van der Waals surface area contributed by atoms with Crippen molar-refractivity contribution in [2.45, 2.75) is 40.5 Å². The molecule has 1 heterocycles. The van der Waals surface area contributed by atoms with Gasteiger partial charge in [0.2, 0.25) is 0 Å². The minimum atomic E-state index is -0.552. The number of methoxy groups -OCH3 is 1. The average Bonchev–Trinajstić information content (AvgIpc) is 3.15. The number of anilines is 2. The minimum Gasteiger partial charge on any atom is -0.465 e. The van der Waals surface area contributed by atoms with Crippen LogP contribution in [0.1, 0.15) is 69.6 Å². The summed E-state index contributed by atoms with van der Waals surface area (Å²) in [4.78, 5) is 39.6. The monoisotopic (exact) mass is 505 g/mol. The molecule has 184 valence electrons. The molecule has 1 aromatic carbocycles. The van der Waals surface area contributed by atoms with Crippen LogP contribution in [0.4, 0.5) is 10.7 Å². The highest BCUT2D eigenvalue weighted by Crippen LogP contribution is 2.34. The summed E-state index contributed by atoms with van der Waals surface area (Å²) in [5.41, 5.74) is 1.92. The molecule has 0 aliphatic rings. The van der Waals surface area contributed by atoms with E-state index < -0.39 is 5.97 Å². The van der Waals surface area contributed by atoms with Gasteiger partial charge in [-0.1, -0.05) is 13.3 Å². The zero-order valence-electron chi connectivity index (χ0n) is 20.1. The predicted octanol–water partition coefficient (Wildman–Crippen LogP) is 5.09. The van der Waals surface area contributed by atoms with Gasteiger partial charge in [-0.2, -0.15) is 0 Å². The Morgan fingerprint density at radius 1 is 1.03 bits per heavy atom. The predicted molar refractivity (Wildman–Crippen MR) is 139 cm³/mol. The highest BCUT2D eigenvalue weighted by atomic mass is 32.1. The van der Waals surface area contributed by atoms with E-state index in [0.29, 0.717) is 46.4 Å². The van der Waals surface area contributed by atoms with E-state index >= 15 is 0 Å². The third kappa shape index (κ3) is 6.77. The van der Waals surface area contributed by atoms with Crippen LogP contribution in [0.5, 0.6) is 0 Å². The molecule has 34 heavy (non-hydrogen) atoms. The standard InChI is InChI=1S/C24H31N3O5S2/c1-6-9-14-32-22(29)16-10-12-17(13-11-16)25-24(33)26-20-18(23(30)31-5)15(4)19(34-20)21(28)27(7-2)8-3/h10-13H,6-9,14H2,1-5H3,(H2,25,26,33). The molecule has 0 fully saturated rings. The van der Waals surface area contributed by atoms with Gasteiger partial charge in [-0.3, -0.25) is 4.79 Å². The number of hydrogen-bond acceptors (Lipinski definition) is 7. The molecular weight excluding hydrogens is 474 g/mol. The van der Waals surface area contributed by atoms with Gasteiger partial charge in [0, 0.05) is 18.8 Å². The fourth-order valence-electron chi connectivity index (χ4n) is 3.16. The Hall–Kier alpha value is -2.98. The normalized spacial score (nSPS) is 10.4. The molecule has 0 radical (unpaired) electrons. The lowest BCUT2D eigenvalue weighted by molar-refractivity contribution is 0.0498. The smallest absolute Gasteiger partial charge is 0.341 e. The molecule has 2 N–H and O–H groups in total. The van der Waals surface area contributed by atoms with Crippen molar-refractivity contribution in [1.29, 1.82) is 0 Å². The first-order valence-electron chi connectivity index (χ1n) is 11.1. The molecule has 2 aromatic rings. The van der Waals surface area contributed by atoms with Crippen LogP contribution in [-0.4, -0.2) is 54.7 Å². The number of carbonyl (C=O) groups is 3. The van der Waals surface area contributed by atoms with Crippen molar-refractivity contribution in [3.8, 4) is 0 Å². The van der Waals surface area contributed by atoms with Gasteiger partial charge in [-0.15, -0.1) is 11.3 Å². The third-order valence-corrected chi connectivity index (χ3v) is 6.52. The second-order valence-corrected chi connectivity index (χ2v) is 8.80. The first-order chi connectivity index (χ1) is 16.3. The fraction of sp³-hybridized carbons (Fsp3) is 0.417. The second kappa shape index (κ2) is 13.0. The van der Waals surface area contributed by atoms with Crippen LogP contribution < -0.4 is 10.6 Å². The molecule has 0 bridgehead atoms. The van der Waals surface area contributed by atoms with Crippen molar-refractivity contribution in [2.24, 2.45) is 0 Å². The van der Waals surface area contributed by atoms with Gasteiger partial charge in [0.05, 0.1) is 29.7 Å². The molecule has 1 aromatic heterocycles. The molecule has 8 nitrogen and oxygen atoms in total. The number of amides is 1. The first kappa shape index (κ1) is 27.3. The van der Waals surface area contributed by atoms with Gasteiger partial charge in [-0.25, -0.2) is 9.59 Å². The van der Waals surface area contributed by atoms with Crippen LogP contribution >= 0.6 is 23.6 Å². The van der Waals surface area contributed by atoms with Crippen molar-refractivity contribution < 1.29 is 23.9 Å². The van der Waals surface area contributed by atoms with Crippen molar-refractivity contribution in [3.05, 3.63) is 45.8 Å². The van der Waals surface area contributed by atoms with Crippen molar-refractivity contribution in [3.63, 3.8) is 0 Å². The molecule has 0 saturated heterocycles. The maximum absolute atomic E-state index is 12.9. The van der Waals surface area contributed by atoms with E-state index in [2.05, 4.69) is 10.6 Å². The topological polar surface area (TPSA) is 97.0 Å². The van der Waals surface area contributed by atoms with Crippen molar-refractivity contribution in [1.82, 2.24) is 4.90 Å². The number of nitrogens with zero attached hydrogens (tertiary/aromatic N) is 1. The summed E-state index contributed by atoms with van der Waals surface area (Å²) in [6.45, 7) is 9.07. The summed E-state index contributed by atoms with van der Waals surface area (Å²) in [5.74, 6) is -1.07. The number of esters is 2. The van der Waals surface area contributed by atoms with E-state index in [0.717, 1.165) is 24.2 Å². The maximum Gasteiger partial charge on any atom is 0.341 e. The molecule has 0 atom stereocenters. The lowest BCUT2D eigenvalue weighted by Gasteiger charge is -2.17. The van der Waals surface area contributed by atoms with E-state index in [1.54, 1.807) is 36.1 Å². The summed E-state index contributed by atoms with van der Waals surface area (Å²) in [6.07, 6.45) is 1.77. The number of ether oxygens (including phenoxy) is 2. The number of thiocarbonyl (C=S) groups is 1. The molecule has 10 heteroatoms. The van der Waals surface area contributed by atoms with Gasteiger partial charge in [0.1, 0.15) is 5.00 Å². The molecule has 0 aliphatic heterocycles. The summed E-state index contributed by atoms with van der Waals surface area (Å²) >= 11 is 6.58. The highest BCUT2D eigenvalue weighted by molar-refractivity contribution is 7.80. The summed E-state index contributed by atoms with van der Waals surface area (Å²) in [6, 6.07) is 6.71. The minimum absolute atomic E-state index is 0.147. The fourth-order valence-corrected chi connectivity index (χ4v) is 4.61. The van der Waals surface area contributed by atoms with Gasteiger partial charge >= 0.3 is 11.9 Å². The van der Waals surface area contributed by atoms with Crippen LogP contribution in [0.3, 0.4) is 0 Å². The molecule has 0 unspecified atom stereocenters. The van der Waals surface area contributed by atoms with E-state index in [-0.39, 0.29) is 22.6 Å². The second-order valence-electron chi connectivity index (χ2n) is 7.38. The van der Waals surface area contributed by atoms with Gasteiger partial charge in [0.25, 0.3) is 5.91 Å². The van der Waals surface area contributed by atoms with E-state index in [9.17, 15) is 14.4 Å². The van der Waals surface area contributed by atoms with Gasteiger partial charge in [0.15, 0.2) is 5.11 Å². The van der Waals surface area contributed by atoms with Crippen LogP contribution in [0.15, 0.2) is 24.3 Å². The molecular formula is C24H31N3O5S2. The number of unbranched alkanes of at least 4 members (excludes halogenated alkanes) is 1. The number of thiophene rings is 1. The largest absolute Gasteiger partial charge is 0.465 e. The Labute approximate surface area is 209 Å². The molecule has 2 rings (SSSR count). The Kier molecular flexibility index (Phi) is 10.5. The van der Waals surface area contributed by atoms with Gasteiger partial charge in [-0.05, 0) is 69.2 Å². The third-order valence-electron chi connectivity index (χ3n) is 5.12. The van der Waals surface area contributed by atoms with Crippen molar-refractivity contribution >= 4 is 57.2 Å². The quantitative estimate of drug-likeness (QED) is 0.262. The molecule has 0 aliphatic carbocycles. The molecule has 0 saturated carbocycles. The number of nitrogens with one attached hydrogen (secondary N) is 2. The van der Waals surface area contributed by atoms with E-state index in [4.69, 9.17) is 21.7 Å². The summed E-state index contributed by atoms with van der Waals surface area (Å²) < 4.78 is 10.1. The lowest BCUT2D eigenvalue weighted by atomic mass is 10.1. The Bertz CT molecular complexity index is 1030. The zero-order valence-corrected chi connectivity index (χ0v) is 21.8. The van der Waals surface area contributed by atoms with E-state index in [1.807, 2.05) is 20.8 Å². The number of rotatable bonds is 10. The lowest BCUT2D eigenvalue weighted by Crippen LogP contribution is -2.30. The SMILES string of the molecule is CCCCOC(=O)c1ccc(NC(=S)Nc2sc(C(=O)N(CC)CC)c(C)c2C(=O)OC)cc1. The van der Waals surface area contributed by atoms with Crippen LogP contribution in [0, 0.1) is 6.92 Å². The van der Waals surface area contributed by atoms with Crippen LogP contribution in [0.25, 0.3) is 0 Å². The average molecular weight is 506 g/mol. The van der Waals surface area contributed by atoms with Crippen LogP contribution in [-0.2, 0) is 9.47 Å². The van der Waals surface area contributed by atoms with Crippen LogP contribution in [0.2, 0.25) is 0 Å². The van der Waals surface area contributed by atoms with E-state index in [1.165, 1.54) is 7.11 Å². The summed E-state index contributed by atoms with van der Waals surface area (Å²) in [5, 5.41) is 6.69. The number of benzene rings is 1. The van der Waals surface area contributed by atoms with Gasteiger partial charge < -0.3 is 25.0 Å². The first-order valence-corrected chi connectivity index (χ1v) is 12.4. The number of carbonyl (C=O) groups excluding carboxylic acids is 3. The Balaban J connectivity index is 2.17.